The molecular formula is C14H20N4S. The molecule has 4 nitrogen and oxygen atoms in total. The first-order valence-electron chi connectivity index (χ1n) is 6.90. The summed E-state index contributed by atoms with van der Waals surface area (Å²) in [5, 5.41) is 6.88. The second kappa shape index (κ2) is 5.43. The lowest BCUT2D eigenvalue weighted by molar-refractivity contribution is 0.615. The van der Waals surface area contributed by atoms with Crippen LogP contribution in [0.2, 0.25) is 0 Å². The van der Waals surface area contributed by atoms with Crippen molar-refractivity contribution in [3.8, 4) is 0 Å². The molecule has 0 bridgehead atoms. The quantitative estimate of drug-likeness (QED) is 0.882. The molecule has 19 heavy (non-hydrogen) atoms. The van der Waals surface area contributed by atoms with E-state index in [0.29, 0.717) is 5.92 Å². The summed E-state index contributed by atoms with van der Waals surface area (Å²) in [5.41, 5.74) is 1.14. The normalized spacial score (nSPS) is 15.3. The Labute approximate surface area is 117 Å². The second-order valence-electron chi connectivity index (χ2n) is 5.46. The highest BCUT2D eigenvalue weighted by Crippen LogP contribution is 2.21. The molecule has 3 rings (SSSR count). The molecule has 0 radical (unpaired) electrons. The topological polar surface area (TPSA) is 42.7 Å². The van der Waals surface area contributed by atoms with Crippen LogP contribution in [0.3, 0.4) is 0 Å². The minimum Gasteiger partial charge on any atom is -0.328 e. The van der Waals surface area contributed by atoms with E-state index in [1.54, 1.807) is 11.3 Å². The van der Waals surface area contributed by atoms with Crippen molar-refractivity contribution in [1.29, 1.82) is 0 Å². The van der Waals surface area contributed by atoms with E-state index in [-0.39, 0.29) is 0 Å². The smallest absolute Gasteiger partial charge is 0.123 e. The first kappa shape index (κ1) is 12.8. The molecule has 5 heteroatoms. The standard InChI is InChI=1S/C14H20N4S/c1-10(2)14-17-12(9-19-14)8-18-6-5-15-13(18)7-16-11-3-4-11/h5-6,9-11,16H,3-4,7-8H2,1-2H3. The Morgan fingerprint density at radius 1 is 1.47 bits per heavy atom. The Morgan fingerprint density at radius 3 is 3.00 bits per heavy atom. The summed E-state index contributed by atoms with van der Waals surface area (Å²) in [4.78, 5) is 9.11. The van der Waals surface area contributed by atoms with Crippen LogP contribution in [0, 0.1) is 0 Å². The van der Waals surface area contributed by atoms with Crippen LogP contribution in [0.5, 0.6) is 0 Å². The zero-order valence-electron chi connectivity index (χ0n) is 11.5. The third kappa shape index (κ3) is 3.22. The van der Waals surface area contributed by atoms with E-state index in [1.165, 1.54) is 17.8 Å². The average molecular weight is 276 g/mol. The lowest BCUT2D eigenvalue weighted by Crippen LogP contribution is -2.19. The number of hydrogen-bond acceptors (Lipinski definition) is 4. The summed E-state index contributed by atoms with van der Waals surface area (Å²) in [7, 11) is 0. The molecule has 1 fully saturated rings. The molecule has 1 aliphatic carbocycles. The minimum atomic E-state index is 0.512. The number of nitrogens with one attached hydrogen (secondary N) is 1. The summed E-state index contributed by atoms with van der Waals surface area (Å²) in [6.45, 7) is 6.05. The highest BCUT2D eigenvalue weighted by Gasteiger charge is 2.20. The van der Waals surface area contributed by atoms with Gasteiger partial charge in [-0.1, -0.05) is 13.8 Å². The van der Waals surface area contributed by atoms with Crippen molar-refractivity contribution < 1.29 is 0 Å². The maximum atomic E-state index is 4.68. The summed E-state index contributed by atoms with van der Waals surface area (Å²) in [5.74, 6) is 1.61. The summed E-state index contributed by atoms with van der Waals surface area (Å²) < 4.78 is 2.19. The predicted octanol–water partition coefficient (Wildman–Crippen LogP) is 2.76. The third-order valence-electron chi connectivity index (χ3n) is 3.32. The van der Waals surface area contributed by atoms with Crippen LogP contribution in [-0.2, 0) is 13.1 Å². The van der Waals surface area contributed by atoms with Gasteiger partial charge in [-0.2, -0.15) is 0 Å². The molecule has 2 aromatic rings. The fraction of sp³-hybridized carbons (Fsp3) is 0.571. The number of hydrogen-bond donors (Lipinski definition) is 1. The molecule has 0 amide bonds. The highest BCUT2D eigenvalue weighted by atomic mass is 32.1. The van der Waals surface area contributed by atoms with E-state index < -0.39 is 0 Å². The Kier molecular flexibility index (Phi) is 3.66. The van der Waals surface area contributed by atoms with Gasteiger partial charge >= 0.3 is 0 Å². The molecular weight excluding hydrogens is 256 g/mol. The molecule has 2 aromatic heterocycles. The van der Waals surface area contributed by atoms with Crippen molar-refractivity contribution in [2.24, 2.45) is 0 Å². The lowest BCUT2D eigenvalue weighted by Gasteiger charge is -2.07. The van der Waals surface area contributed by atoms with Crippen molar-refractivity contribution in [2.75, 3.05) is 0 Å². The first-order valence-corrected chi connectivity index (χ1v) is 7.78. The molecule has 0 aromatic carbocycles. The number of nitrogens with zero attached hydrogens (tertiary/aromatic N) is 3. The molecule has 0 atom stereocenters. The zero-order valence-corrected chi connectivity index (χ0v) is 12.3. The predicted molar refractivity (Wildman–Crippen MR) is 77.4 cm³/mol. The van der Waals surface area contributed by atoms with Crippen molar-refractivity contribution in [3.63, 3.8) is 0 Å². The van der Waals surface area contributed by atoms with Crippen LogP contribution >= 0.6 is 11.3 Å². The molecule has 0 aliphatic heterocycles. The van der Waals surface area contributed by atoms with Gasteiger partial charge < -0.3 is 9.88 Å². The summed E-state index contributed by atoms with van der Waals surface area (Å²) in [6.07, 6.45) is 6.53. The largest absolute Gasteiger partial charge is 0.328 e. The lowest BCUT2D eigenvalue weighted by atomic mass is 10.2. The van der Waals surface area contributed by atoms with Gasteiger partial charge in [0.15, 0.2) is 0 Å². The van der Waals surface area contributed by atoms with Crippen molar-refractivity contribution in [3.05, 3.63) is 34.3 Å². The van der Waals surface area contributed by atoms with E-state index in [1.807, 2.05) is 12.4 Å². The fourth-order valence-electron chi connectivity index (χ4n) is 2.01. The van der Waals surface area contributed by atoms with Gasteiger partial charge in [0.2, 0.25) is 0 Å². The Morgan fingerprint density at radius 2 is 2.32 bits per heavy atom. The molecule has 1 aliphatic rings. The van der Waals surface area contributed by atoms with E-state index in [2.05, 4.69) is 39.1 Å². The van der Waals surface area contributed by atoms with E-state index in [0.717, 1.165) is 30.6 Å². The van der Waals surface area contributed by atoms with Crippen LogP contribution in [0.4, 0.5) is 0 Å². The van der Waals surface area contributed by atoms with Crippen molar-refractivity contribution in [2.45, 2.75) is 51.7 Å². The SMILES string of the molecule is CC(C)c1nc(Cn2ccnc2CNC2CC2)cs1. The molecule has 0 unspecified atom stereocenters. The van der Waals surface area contributed by atoms with Gasteiger partial charge in [0.25, 0.3) is 0 Å². The van der Waals surface area contributed by atoms with Crippen LogP contribution in [0.1, 0.15) is 49.1 Å². The molecule has 1 saturated carbocycles. The Bertz CT molecular complexity index is 539. The third-order valence-corrected chi connectivity index (χ3v) is 4.52. The minimum absolute atomic E-state index is 0.512. The second-order valence-corrected chi connectivity index (χ2v) is 6.35. The molecule has 0 saturated heterocycles. The van der Waals surface area contributed by atoms with E-state index >= 15 is 0 Å². The Hall–Kier alpha value is -1.20. The number of rotatable bonds is 6. The van der Waals surface area contributed by atoms with Gasteiger partial charge in [-0.15, -0.1) is 11.3 Å². The van der Waals surface area contributed by atoms with E-state index in [9.17, 15) is 0 Å². The fourth-order valence-corrected chi connectivity index (χ4v) is 2.84. The van der Waals surface area contributed by atoms with Crippen molar-refractivity contribution in [1.82, 2.24) is 19.9 Å². The van der Waals surface area contributed by atoms with Crippen LogP contribution in [-0.4, -0.2) is 20.6 Å². The molecule has 0 spiro atoms. The molecule has 102 valence electrons. The maximum absolute atomic E-state index is 4.68. The molecule has 2 heterocycles. The maximum Gasteiger partial charge on any atom is 0.123 e. The van der Waals surface area contributed by atoms with Crippen LogP contribution < -0.4 is 5.32 Å². The van der Waals surface area contributed by atoms with Gasteiger partial charge in [0.1, 0.15) is 5.82 Å². The van der Waals surface area contributed by atoms with Crippen molar-refractivity contribution >= 4 is 11.3 Å². The van der Waals surface area contributed by atoms with Gasteiger partial charge in [0.05, 0.1) is 23.8 Å². The summed E-state index contributed by atoms with van der Waals surface area (Å²) in [6, 6.07) is 0.719. The highest BCUT2D eigenvalue weighted by molar-refractivity contribution is 7.09. The van der Waals surface area contributed by atoms with Gasteiger partial charge in [-0.05, 0) is 12.8 Å². The number of thiazole rings is 1. The van der Waals surface area contributed by atoms with Gasteiger partial charge in [-0.25, -0.2) is 9.97 Å². The first-order chi connectivity index (χ1) is 9.22. The van der Waals surface area contributed by atoms with Gasteiger partial charge in [0, 0.05) is 29.7 Å². The monoisotopic (exact) mass is 276 g/mol. The van der Waals surface area contributed by atoms with Gasteiger partial charge in [-0.3, -0.25) is 0 Å². The Balaban J connectivity index is 1.65. The number of aromatic nitrogens is 3. The number of imidazole rings is 1. The van der Waals surface area contributed by atoms with E-state index in [4.69, 9.17) is 0 Å². The zero-order chi connectivity index (χ0) is 13.2. The average Bonchev–Trinajstić information content (AvgIpc) is 2.92. The summed E-state index contributed by atoms with van der Waals surface area (Å²) >= 11 is 1.75. The van der Waals surface area contributed by atoms with Crippen LogP contribution in [0.25, 0.3) is 0 Å². The van der Waals surface area contributed by atoms with Crippen LogP contribution in [0.15, 0.2) is 17.8 Å². The molecule has 1 N–H and O–H groups in total.